The van der Waals surface area contributed by atoms with Gasteiger partial charge in [-0.25, -0.2) is 9.97 Å². The molecule has 112 valence electrons. The Balaban J connectivity index is 1.78. The second-order valence-corrected chi connectivity index (χ2v) is 5.81. The number of nitrogen functional groups attached to an aromatic ring is 1. The van der Waals surface area contributed by atoms with Crippen molar-refractivity contribution in [2.24, 2.45) is 0 Å². The van der Waals surface area contributed by atoms with Crippen molar-refractivity contribution in [3.05, 3.63) is 30.9 Å². The van der Waals surface area contributed by atoms with Gasteiger partial charge in [0.05, 0.1) is 18.2 Å². The van der Waals surface area contributed by atoms with Crippen molar-refractivity contribution >= 4 is 5.82 Å². The molecule has 1 aliphatic heterocycles. The number of hydrogen-bond donors (Lipinski definition) is 1. The largest absolute Gasteiger partial charge is 0.383 e. The molecule has 3 heterocycles. The van der Waals surface area contributed by atoms with Crippen LogP contribution in [0.25, 0.3) is 11.3 Å². The molecule has 0 spiro atoms. The van der Waals surface area contributed by atoms with Crippen LogP contribution in [-0.4, -0.2) is 38.6 Å². The Morgan fingerprint density at radius 2 is 2.10 bits per heavy atom. The minimum absolute atomic E-state index is 0.510. The van der Waals surface area contributed by atoms with Crippen molar-refractivity contribution in [2.75, 3.05) is 18.8 Å². The minimum atomic E-state index is 0.510. The lowest BCUT2D eigenvalue weighted by molar-refractivity contribution is 0.160. The molecular weight excluding hydrogens is 262 g/mol. The molecule has 1 saturated heterocycles. The van der Waals surface area contributed by atoms with Gasteiger partial charge in [-0.15, -0.1) is 0 Å². The van der Waals surface area contributed by atoms with E-state index in [1.807, 2.05) is 24.7 Å². The zero-order valence-electron chi connectivity index (χ0n) is 12.6. The van der Waals surface area contributed by atoms with Crippen LogP contribution in [-0.2, 0) is 6.54 Å². The van der Waals surface area contributed by atoms with E-state index in [1.165, 1.54) is 32.4 Å². The summed E-state index contributed by atoms with van der Waals surface area (Å²) in [5, 5.41) is 0. The zero-order valence-corrected chi connectivity index (χ0v) is 12.6. The van der Waals surface area contributed by atoms with Crippen LogP contribution < -0.4 is 5.73 Å². The first-order chi connectivity index (χ1) is 10.3. The molecule has 1 unspecified atom stereocenters. The van der Waals surface area contributed by atoms with Gasteiger partial charge in [0.2, 0.25) is 0 Å². The highest BCUT2D eigenvalue weighted by molar-refractivity contribution is 5.70. The van der Waals surface area contributed by atoms with E-state index in [1.54, 1.807) is 6.20 Å². The smallest absolute Gasteiger partial charge is 0.132 e. The lowest BCUT2D eigenvalue weighted by atomic mass is 10.1. The third-order valence-corrected chi connectivity index (χ3v) is 4.30. The summed E-state index contributed by atoms with van der Waals surface area (Å²) in [4.78, 5) is 11.0. The Morgan fingerprint density at radius 1 is 1.29 bits per heavy atom. The molecule has 1 fully saturated rings. The van der Waals surface area contributed by atoms with E-state index in [0.717, 1.165) is 17.8 Å². The summed E-state index contributed by atoms with van der Waals surface area (Å²) in [6.07, 6.45) is 9.48. The highest BCUT2D eigenvalue weighted by atomic mass is 15.2. The van der Waals surface area contributed by atoms with Gasteiger partial charge in [0.25, 0.3) is 0 Å². The number of hydrogen-bond acceptors (Lipinski definition) is 4. The molecule has 0 amide bonds. The van der Waals surface area contributed by atoms with Gasteiger partial charge in [-0.3, -0.25) is 4.90 Å². The maximum Gasteiger partial charge on any atom is 0.132 e. The maximum absolute atomic E-state index is 5.99. The summed E-state index contributed by atoms with van der Waals surface area (Å²) in [5.41, 5.74) is 8.00. The second kappa shape index (κ2) is 6.26. The third kappa shape index (κ3) is 3.08. The van der Waals surface area contributed by atoms with Gasteiger partial charge >= 0.3 is 0 Å². The molecule has 2 aromatic heterocycles. The van der Waals surface area contributed by atoms with Crippen LogP contribution in [0, 0.1) is 0 Å². The van der Waals surface area contributed by atoms with Crippen molar-refractivity contribution in [1.82, 2.24) is 19.4 Å². The lowest BCUT2D eigenvalue weighted by Gasteiger charge is -2.32. The Hall–Kier alpha value is -1.88. The first-order valence-electron chi connectivity index (χ1n) is 7.71. The predicted octanol–water partition coefficient (Wildman–Crippen LogP) is 2.40. The summed E-state index contributed by atoms with van der Waals surface area (Å²) in [6.45, 7) is 5.64. The molecule has 5 heteroatoms. The third-order valence-electron chi connectivity index (χ3n) is 4.30. The fourth-order valence-corrected chi connectivity index (χ4v) is 3.08. The van der Waals surface area contributed by atoms with E-state index in [-0.39, 0.29) is 0 Å². The van der Waals surface area contributed by atoms with Gasteiger partial charge in [-0.2, -0.15) is 0 Å². The van der Waals surface area contributed by atoms with Gasteiger partial charge in [0.1, 0.15) is 5.82 Å². The average molecular weight is 285 g/mol. The van der Waals surface area contributed by atoms with Gasteiger partial charge in [-0.1, -0.05) is 6.42 Å². The van der Waals surface area contributed by atoms with Crippen LogP contribution in [0.1, 0.15) is 26.2 Å². The minimum Gasteiger partial charge on any atom is -0.383 e. The van der Waals surface area contributed by atoms with Crippen LogP contribution in [0.4, 0.5) is 5.82 Å². The standard InChI is InChI=1S/C16H23N5/c1-13(20-8-3-2-4-9-20)11-21-12-18-10-15(21)14-6-5-7-19-16(14)17/h5-7,10,12-13H,2-4,8-9,11H2,1H3,(H2,17,19). The second-order valence-electron chi connectivity index (χ2n) is 5.81. The van der Waals surface area contributed by atoms with Gasteiger partial charge < -0.3 is 10.3 Å². The zero-order chi connectivity index (χ0) is 14.7. The summed E-state index contributed by atoms with van der Waals surface area (Å²) >= 11 is 0. The first-order valence-corrected chi connectivity index (χ1v) is 7.71. The number of aromatic nitrogens is 3. The van der Waals surface area contributed by atoms with Crippen molar-refractivity contribution in [1.29, 1.82) is 0 Å². The molecule has 0 aromatic carbocycles. The number of imidazole rings is 1. The molecule has 0 radical (unpaired) electrons. The first kappa shape index (κ1) is 14.1. The summed E-state index contributed by atoms with van der Waals surface area (Å²) in [5.74, 6) is 0.560. The molecular formula is C16H23N5. The van der Waals surface area contributed by atoms with E-state index in [9.17, 15) is 0 Å². The fourth-order valence-electron chi connectivity index (χ4n) is 3.08. The quantitative estimate of drug-likeness (QED) is 0.937. The molecule has 21 heavy (non-hydrogen) atoms. The van der Waals surface area contributed by atoms with Crippen LogP contribution in [0.2, 0.25) is 0 Å². The van der Waals surface area contributed by atoms with Crippen LogP contribution in [0.3, 0.4) is 0 Å². The number of likely N-dealkylation sites (tertiary alicyclic amines) is 1. The van der Waals surface area contributed by atoms with Crippen LogP contribution >= 0.6 is 0 Å². The Labute approximate surface area is 125 Å². The summed E-state index contributed by atoms with van der Waals surface area (Å²) < 4.78 is 2.19. The van der Waals surface area contributed by atoms with Crippen molar-refractivity contribution < 1.29 is 0 Å². The van der Waals surface area contributed by atoms with E-state index in [2.05, 4.69) is 26.4 Å². The molecule has 1 aliphatic rings. The highest BCUT2D eigenvalue weighted by Crippen LogP contribution is 2.24. The topological polar surface area (TPSA) is 60.0 Å². The van der Waals surface area contributed by atoms with Crippen molar-refractivity contribution in [3.63, 3.8) is 0 Å². The molecule has 3 rings (SSSR count). The van der Waals surface area contributed by atoms with E-state index in [4.69, 9.17) is 5.73 Å². The Morgan fingerprint density at radius 3 is 2.86 bits per heavy atom. The monoisotopic (exact) mass is 285 g/mol. The molecule has 2 aromatic rings. The predicted molar refractivity (Wildman–Crippen MR) is 84.8 cm³/mol. The summed E-state index contributed by atoms with van der Waals surface area (Å²) in [7, 11) is 0. The molecule has 0 saturated carbocycles. The van der Waals surface area contributed by atoms with Crippen molar-refractivity contribution in [3.8, 4) is 11.3 Å². The van der Waals surface area contributed by atoms with Crippen LogP contribution in [0.15, 0.2) is 30.9 Å². The molecule has 5 nitrogen and oxygen atoms in total. The Bertz CT molecular complexity index is 586. The number of nitrogens with zero attached hydrogens (tertiary/aromatic N) is 4. The number of rotatable bonds is 4. The molecule has 2 N–H and O–H groups in total. The van der Waals surface area contributed by atoms with Crippen LogP contribution in [0.5, 0.6) is 0 Å². The molecule has 1 atom stereocenters. The molecule has 0 aliphatic carbocycles. The maximum atomic E-state index is 5.99. The Kier molecular flexibility index (Phi) is 4.20. The highest BCUT2D eigenvalue weighted by Gasteiger charge is 2.18. The number of anilines is 1. The normalized spacial score (nSPS) is 17.8. The summed E-state index contributed by atoms with van der Waals surface area (Å²) in [6, 6.07) is 4.43. The van der Waals surface area contributed by atoms with E-state index < -0.39 is 0 Å². The number of pyridine rings is 1. The number of nitrogens with two attached hydrogens (primary N) is 1. The molecule has 0 bridgehead atoms. The van der Waals surface area contributed by atoms with Gasteiger partial charge in [0, 0.05) is 24.3 Å². The van der Waals surface area contributed by atoms with Crippen molar-refractivity contribution in [2.45, 2.75) is 38.8 Å². The lowest BCUT2D eigenvalue weighted by Crippen LogP contribution is -2.39. The van der Waals surface area contributed by atoms with Gasteiger partial charge in [0.15, 0.2) is 0 Å². The van der Waals surface area contributed by atoms with Gasteiger partial charge in [-0.05, 0) is 45.0 Å². The fraction of sp³-hybridized carbons (Fsp3) is 0.500. The number of piperidine rings is 1. The SMILES string of the molecule is CC(Cn1cncc1-c1cccnc1N)N1CCCCC1. The van der Waals surface area contributed by atoms with E-state index in [0.29, 0.717) is 11.9 Å². The van der Waals surface area contributed by atoms with E-state index >= 15 is 0 Å². The average Bonchev–Trinajstić information content (AvgIpc) is 2.96.